The third kappa shape index (κ3) is 3.57. The summed E-state index contributed by atoms with van der Waals surface area (Å²) in [5, 5.41) is 11.4. The minimum Gasteiger partial charge on any atom is -0.422 e. The highest BCUT2D eigenvalue weighted by molar-refractivity contribution is 6.10. The van der Waals surface area contributed by atoms with E-state index in [9.17, 15) is 19.7 Å². The van der Waals surface area contributed by atoms with Crippen molar-refractivity contribution in [2.24, 2.45) is 0 Å². The summed E-state index contributed by atoms with van der Waals surface area (Å²) in [7, 11) is 0. The summed E-state index contributed by atoms with van der Waals surface area (Å²) in [5.41, 5.74) is 0.567. The molecule has 2 aromatic carbocycles. The lowest BCUT2D eigenvalue weighted by atomic mass is 10.0. The van der Waals surface area contributed by atoms with Crippen LogP contribution in [0.15, 0.2) is 57.7 Å². The third-order valence-electron chi connectivity index (χ3n) is 4.43. The molecule has 7 nitrogen and oxygen atoms in total. The number of ketones is 1. The minimum absolute atomic E-state index is 0.105. The number of non-ortho nitro benzene ring substituents is 1. The van der Waals surface area contributed by atoms with Crippen LogP contribution in [-0.4, -0.2) is 23.8 Å². The van der Waals surface area contributed by atoms with Crippen LogP contribution < -0.4 is 10.5 Å². The Morgan fingerprint density at radius 2 is 1.74 bits per heavy atom. The Kier molecular flexibility index (Phi) is 5.03. The lowest BCUT2D eigenvalue weighted by Crippen LogP contribution is -2.21. The highest BCUT2D eigenvalue weighted by atomic mass is 16.6. The van der Waals surface area contributed by atoms with Crippen molar-refractivity contribution >= 4 is 28.1 Å². The molecule has 0 radical (unpaired) electrons. The second kappa shape index (κ2) is 7.41. The van der Waals surface area contributed by atoms with Crippen LogP contribution in [0.1, 0.15) is 29.8 Å². The van der Waals surface area contributed by atoms with E-state index in [2.05, 4.69) is 4.90 Å². The fourth-order valence-corrected chi connectivity index (χ4v) is 2.93. The normalized spacial score (nSPS) is 10.7. The van der Waals surface area contributed by atoms with Crippen LogP contribution >= 0.6 is 0 Å². The molecule has 1 heterocycles. The lowest BCUT2D eigenvalue weighted by molar-refractivity contribution is -0.384. The van der Waals surface area contributed by atoms with E-state index >= 15 is 0 Å². The quantitative estimate of drug-likeness (QED) is 0.285. The molecular formula is C20H18N2O5. The van der Waals surface area contributed by atoms with Gasteiger partial charge in [0, 0.05) is 47.9 Å². The Bertz CT molecular complexity index is 1070. The van der Waals surface area contributed by atoms with Crippen molar-refractivity contribution in [1.82, 2.24) is 0 Å². The van der Waals surface area contributed by atoms with Gasteiger partial charge in [0.2, 0.25) is 0 Å². The fourth-order valence-electron chi connectivity index (χ4n) is 2.93. The number of carbonyl (C=O) groups excluding carboxylic acids is 1. The smallest absolute Gasteiger partial charge is 0.347 e. The van der Waals surface area contributed by atoms with Gasteiger partial charge in [-0.25, -0.2) is 4.79 Å². The van der Waals surface area contributed by atoms with Gasteiger partial charge >= 0.3 is 5.63 Å². The maximum atomic E-state index is 12.6. The lowest BCUT2D eigenvalue weighted by Gasteiger charge is -2.20. The standard InChI is InChI=1S/C20H18N2O5/c1-3-21(4-2)16-10-7-14-11-17(20(24)27-18(14)12-16)19(23)13-5-8-15(9-6-13)22(25)26/h5-12H,3-4H2,1-2H3. The zero-order valence-corrected chi connectivity index (χ0v) is 15.0. The van der Waals surface area contributed by atoms with Crippen molar-refractivity contribution in [1.29, 1.82) is 0 Å². The monoisotopic (exact) mass is 366 g/mol. The summed E-state index contributed by atoms with van der Waals surface area (Å²) in [6.07, 6.45) is 0. The summed E-state index contributed by atoms with van der Waals surface area (Å²) in [6.45, 7) is 5.72. The van der Waals surface area contributed by atoms with Gasteiger partial charge in [0.1, 0.15) is 11.1 Å². The predicted octanol–water partition coefficient (Wildman–Crippen LogP) is 3.78. The van der Waals surface area contributed by atoms with Crippen molar-refractivity contribution in [2.45, 2.75) is 13.8 Å². The summed E-state index contributed by atoms with van der Waals surface area (Å²) in [5.74, 6) is -0.534. The van der Waals surface area contributed by atoms with E-state index < -0.39 is 16.3 Å². The number of fused-ring (bicyclic) bond motifs is 1. The van der Waals surface area contributed by atoms with Crippen molar-refractivity contribution in [2.75, 3.05) is 18.0 Å². The molecule has 0 amide bonds. The van der Waals surface area contributed by atoms with Crippen molar-refractivity contribution in [3.05, 3.63) is 80.2 Å². The van der Waals surface area contributed by atoms with Crippen molar-refractivity contribution in [3.63, 3.8) is 0 Å². The molecule has 0 fully saturated rings. The van der Waals surface area contributed by atoms with E-state index in [4.69, 9.17) is 4.42 Å². The number of nitro groups is 1. The molecule has 0 saturated heterocycles. The second-order valence-electron chi connectivity index (χ2n) is 5.98. The number of hydrogen-bond acceptors (Lipinski definition) is 6. The van der Waals surface area contributed by atoms with Crippen LogP contribution in [0.5, 0.6) is 0 Å². The van der Waals surface area contributed by atoms with Crippen LogP contribution in [0, 0.1) is 10.1 Å². The Hall–Kier alpha value is -3.48. The zero-order valence-electron chi connectivity index (χ0n) is 15.0. The molecule has 0 saturated carbocycles. The molecule has 0 aliphatic heterocycles. The highest BCUT2D eigenvalue weighted by Crippen LogP contribution is 2.23. The van der Waals surface area contributed by atoms with Gasteiger partial charge < -0.3 is 9.32 Å². The van der Waals surface area contributed by atoms with E-state index in [1.807, 2.05) is 19.9 Å². The SMILES string of the molecule is CCN(CC)c1ccc2cc(C(=O)c3ccc([N+](=O)[O-])cc3)c(=O)oc2c1. The summed E-state index contributed by atoms with van der Waals surface area (Å²) >= 11 is 0. The summed E-state index contributed by atoms with van der Waals surface area (Å²) in [6, 6.07) is 12.1. The largest absolute Gasteiger partial charge is 0.422 e. The Morgan fingerprint density at radius 3 is 2.33 bits per heavy atom. The van der Waals surface area contributed by atoms with E-state index in [0.29, 0.717) is 11.0 Å². The van der Waals surface area contributed by atoms with Crippen molar-refractivity contribution < 1.29 is 14.1 Å². The van der Waals surface area contributed by atoms with Gasteiger partial charge in [0.05, 0.1) is 4.92 Å². The number of hydrogen-bond donors (Lipinski definition) is 0. The van der Waals surface area contributed by atoms with Crippen LogP contribution in [0.3, 0.4) is 0 Å². The van der Waals surface area contributed by atoms with Gasteiger partial charge in [-0.1, -0.05) is 0 Å². The molecule has 0 aliphatic carbocycles. The number of anilines is 1. The number of nitro benzene ring substituents is 1. The Labute approximate surface area is 155 Å². The molecule has 27 heavy (non-hydrogen) atoms. The number of rotatable bonds is 6. The molecule has 3 aromatic rings. The maximum Gasteiger partial charge on any atom is 0.347 e. The van der Waals surface area contributed by atoms with Gasteiger partial charge in [-0.3, -0.25) is 14.9 Å². The molecule has 0 unspecified atom stereocenters. The molecule has 0 N–H and O–H groups in total. The van der Waals surface area contributed by atoms with Crippen molar-refractivity contribution in [3.8, 4) is 0 Å². The van der Waals surface area contributed by atoms with E-state index in [0.717, 1.165) is 18.8 Å². The van der Waals surface area contributed by atoms with Gasteiger partial charge in [-0.05, 0) is 44.2 Å². The average Bonchev–Trinajstić information content (AvgIpc) is 2.68. The average molecular weight is 366 g/mol. The van der Waals surface area contributed by atoms with E-state index in [1.54, 1.807) is 12.1 Å². The zero-order chi connectivity index (χ0) is 19.6. The molecule has 0 atom stereocenters. The van der Waals surface area contributed by atoms with Gasteiger partial charge in [0.15, 0.2) is 5.78 Å². The van der Waals surface area contributed by atoms with Crippen LogP contribution in [0.2, 0.25) is 0 Å². The summed E-state index contributed by atoms with van der Waals surface area (Å²) < 4.78 is 5.37. The van der Waals surface area contributed by atoms with E-state index in [1.165, 1.54) is 30.3 Å². The summed E-state index contributed by atoms with van der Waals surface area (Å²) in [4.78, 5) is 37.3. The fraction of sp³-hybridized carbons (Fsp3) is 0.200. The first-order valence-electron chi connectivity index (χ1n) is 8.56. The van der Waals surface area contributed by atoms with Gasteiger partial charge in [0.25, 0.3) is 5.69 Å². The van der Waals surface area contributed by atoms with Crippen LogP contribution in [-0.2, 0) is 0 Å². The maximum absolute atomic E-state index is 12.6. The second-order valence-corrected chi connectivity index (χ2v) is 5.98. The van der Waals surface area contributed by atoms with Crippen LogP contribution in [0.4, 0.5) is 11.4 Å². The molecule has 0 spiro atoms. The Morgan fingerprint density at radius 1 is 1.07 bits per heavy atom. The highest BCUT2D eigenvalue weighted by Gasteiger charge is 2.17. The number of nitrogens with zero attached hydrogens (tertiary/aromatic N) is 2. The first-order chi connectivity index (χ1) is 12.9. The first kappa shape index (κ1) is 18.3. The molecule has 0 aliphatic rings. The molecule has 7 heteroatoms. The Balaban J connectivity index is 2.01. The molecule has 138 valence electrons. The van der Waals surface area contributed by atoms with Crippen LogP contribution in [0.25, 0.3) is 11.0 Å². The number of carbonyl (C=O) groups is 1. The topological polar surface area (TPSA) is 93.7 Å². The molecule has 0 bridgehead atoms. The molecular weight excluding hydrogens is 348 g/mol. The minimum atomic E-state index is -0.734. The molecule has 3 rings (SSSR count). The van der Waals surface area contributed by atoms with E-state index in [-0.39, 0.29) is 16.8 Å². The van der Waals surface area contributed by atoms with Gasteiger partial charge in [-0.2, -0.15) is 0 Å². The molecule has 1 aromatic heterocycles. The number of benzene rings is 2. The third-order valence-corrected chi connectivity index (χ3v) is 4.43. The predicted molar refractivity (Wildman–Crippen MR) is 103 cm³/mol. The van der Waals surface area contributed by atoms with Gasteiger partial charge in [-0.15, -0.1) is 0 Å². The first-order valence-corrected chi connectivity index (χ1v) is 8.56.